The number of nitrogens with two attached hydrogens (primary N) is 1. The van der Waals surface area contributed by atoms with E-state index in [4.69, 9.17) is 10.5 Å². The van der Waals surface area contributed by atoms with Crippen molar-refractivity contribution in [1.82, 2.24) is 0 Å². The number of ether oxygens (including phenoxy) is 2. The second-order valence-electron chi connectivity index (χ2n) is 5.16. The van der Waals surface area contributed by atoms with Crippen LogP contribution in [0.2, 0.25) is 0 Å². The van der Waals surface area contributed by atoms with Crippen LogP contribution in [0.25, 0.3) is 0 Å². The Morgan fingerprint density at radius 2 is 1.73 bits per heavy atom. The standard InChI is InChI=1S/C18H21NO3/c1-21-18(20)12-16(19)11-14-7-9-17(10-8-14)22-13-15-5-3-2-4-6-15/h2-10,16H,11-13,19H2,1H3/t16-/m0/s1. The van der Waals surface area contributed by atoms with Crippen LogP contribution in [0.3, 0.4) is 0 Å². The molecule has 0 heterocycles. The largest absolute Gasteiger partial charge is 0.489 e. The molecular formula is C18H21NO3. The fourth-order valence-electron chi connectivity index (χ4n) is 2.13. The monoisotopic (exact) mass is 299 g/mol. The maximum Gasteiger partial charge on any atom is 0.307 e. The van der Waals surface area contributed by atoms with Crippen molar-refractivity contribution in [1.29, 1.82) is 0 Å². The Bertz CT molecular complexity index is 581. The molecule has 2 rings (SSSR count). The van der Waals surface area contributed by atoms with Crippen LogP contribution in [0.5, 0.6) is 5.75 Å². The van der Waals surface area contributed by atoms with E-state index in [2.05, 4.69) is 4.74 Å². The second-order valence-corrected chi connectivity index (χ2v) is 5.16. The van der Waals surface area contributed by atoms with Crippen LogP contribution in [0.15, 0.2) is 54.6 Å². The van der Waals surface area contributed by atoms with E-state index < -0.39 is 0 Å². The minimum Gasteiger partial charge on any atom is -0.489 e. The molecule has 2 N–H and O–H groups in total. The van der Waals surface area contributed by atoms with Gasteiger partial charge in [-0.15, -0.1) is 0 Å². The molecule has 0 saturated heterocycles. The van der Waals surface area contributed by atoms with Gasteiger partial charge < -0.3 is 15.2 Å². The highest BCUT2D eigenvalue weighted by Crippen LogP contribution is 2.15. The summed E-state index contributed by atoms with van der Waals surface area (Å²) in [5, 5.41) is 0. The second kappa shape index (κ2) is 8.20. The summed E-state index contributed by atoms with van der Waals surface area (Å²) >= 11 is 0. The molecule has 0 amide bonds. The van der Waals surface area contributed by atoms with Gasteiger partial charge in [-0.25, -0.2) is 0 Å². The van der Waals surface area contributed by atoms with Crippen molar-refractivity contribution < 1.29 is 14.3 Å². The summed E-state index contributed by atoms with van der Waals surface area (Å²) < 4.78 is 10.3. The van der Waals surface area contributed by atoms with Gasteiger partial charge in [0.1, 0.15) is 12.4 Å². The van der Waals surface area contributed by atoms with Gasteiger partial charge in [0, 0.05) is 6.04 Å². The lowest BCUT2D eigenvalue weighted by Gasteiger charge is -2.11. The van der Waals surface area contributed by atoms with Crippen molar-refractivity contribution in [3.8, 4) is 5.75 Å². The molecule has 0 saturated carbocycles. The third kappa shape index (κ3) is 5.22. The van der Waals surface area contributed by atoms with Crippen molar-refractivity contribution in [3.05, 3.63) is 65.7 Å². The number of hydrogen-bond donors (Lipinski definition) is 1. The topological polar surface area (TPSA) is 61.5 Å². The molecule has 116 valence electrons. The highest BCUT2D eigenvalue weighted by atomic mass is 16.5. The van der Waals surface area contributed by atoms with Gasteiger partial charge >= 0.3 is 5.97 Å². The van der Waals surface area contributed by atoms with Crippen molar-refractivity contribution in [3.63, 3.8) is 0 Å². The first-order valence-corrected chi connectivity index (χ1v) is 7.25. The molecule has 4 heteroatoms. The maximum atomic E-state index is 11.2. The minimum absolute atomic E-state index is 0.225. The minimum atomic E-state index is -0.282. The molecule has 2 aromatic rings. The maximum absolute atomic E-state index is 11.2. The average molecular weight is 299 g/mol. The molecule has 4 nitrogen and oxygen atoms in total. The number of hydrogen-bond acceptors (Lipinski definition) is 4. The molecular weight excluding hydrogens is 278 g/mol. The van der Waals surface area contributed by atoms with E-state index in [0.717, 1.165) is 16.9 Å². The number of carbonyl (C=O) groups excluding carboxylic acids is 1. The van der Waals surface area contributed by atoms with Gasteiger partial charge in [-0.3, -0.25) is 4.79 Å². The summed E-state index contributed by atoms with van der Waals surface area (Å²) in [5.74, 6) is 0.532. The van der Waals surface area contributed by atoms with E-state index in [1.54, 1.807) is 0 Å². The fourth-order valence-corrected chi connectivity index (χ4v) is 2.13. The van der Waals surface area contributed by atoms with Crippen molar-refractivity contribution in [2.45, 2.75) is 25.5 Å². The van der Waals surface area contributed by atoms with Gasteiger partial charge in [-0.1, -0.05) is 42.5 Å². The lowest BCUT2D eigenvalue weighted by atomic mass is 10.0. The van der Waals surface area contributed by atoms with Crippen molar-refractivity contribution >= 4 is 5.97 Å². The third-order valence-electron chi connectivity index (χ3n) is 3.33. The fraction of sp³-hybridized carbons (Fsp3) is 0.278. The van der Waals surface area contributed by atoms with Crippen LogP contribution in [-0.2, 0) is 22.6 Å². The number of benzene rings is 2. The highest BCUT2D eigenvalue weighted by Gasteiger charge is 2.10. The first-order chi connectivity index (χ1) is 10.7. The van der Waals surface area contributed by atoms with Gasteiger partial charge in [0.25, 0.3) is 0 Å². The Balaban J connectivity index is 1.83. The van der Waals surface area contributed by atoms with Crippen LogP contribution >= 0.6 is 0 Å². The van der Waals surface area contributed by atoms with Crippen molar-refractivity contribution in [2.24, 2.45) is 5.73 Å². The molecule has 22 heavy (non-hydrogen) atoms. The number of rotatable bonds is 7. The van der Waals surface area contributed by atoms with E-state index in [0.29, 0.717) is 13.0 Å². The molecule has 0 aliphatic carbocycles. The Morgan fingerprint density at radius 3 is 2.36 bits per heavy atom. The summed E-state index contributed by atoms with van der Waals surface area (Å²) in [6.07, 6.45) is 0.858. The molecule has 1 atom stereocenters. The summed E-state index contributed by atoms with van der Waals surface area (Å²) in [7, 11) is 1.37. The number of carbonyl (C=O) groups is 1. The lowest BCUT2D eigenvalue weighted by molar-refractivity contribution is -0.140. The zero-order valence-corrected chi connectivity index (χ0v) is 12.7. The Labute approximate surface area is 130 Å². The van der Waals surface area contributed by atoms with E-state index in [9.17, 15) is 4.79 Å². The quantitative estimate of drug-likeness (QED) is 0.799. The third-order valence-corrected chi connectivity index (χ3v) is 3.33. The number of esters is 1. The summed E-state index contributed by atoms with van der Waals surface area (Å²) in [6, 6.07) is 17.6. The molecule has 0 radical (unpaired) electrons. The predicted molar refractivity (Wildman–Crippen MR) is 85.5 cm³/mol. The van der Waals surface area contributed by atoms with Crippen LogP contribution in [0.4, 0.5) is 0 Å². The van der Waals surface area contributed by atoms with Crippen molar-refractivity contribution in [2.75, 3.05) is 7.11 Å². The van der Waals surface area contributed by atoms with Gasteiger partial charge in [0.2, 0.25) is 0 Å². The van der Waals surface area contributed by atoms with Gasteiger partial charge in [0.15, 0.2) is 0 Å². The SMILES string of the molecule is COC(=O)C[C@@H](N)Cc1ccc(OCc2ccccc2)cc1. The lowest BCUT2D eigenvalue weighted by Crippen LogP contribution is -2.26. The Morgan fingerprint density at radius 1 is 1.05 bits per heavy atom. The molecule has 0 bridgehead atoms. The zero-order valence-electron chi connectivity index (χ0n) is 12.7. The van der Waals surface area contributed by atoms with Crippen LogP contribution < -0.4 is 10.5 Å². The summed E-state index contributed by atoms with van der Waals surface area (Å²) in [4.78, 5) is 11.2. The number of methoxy groups -OCH3 is 1. The van der Waals surface area contributed by atoms with Gasteiger partial charge in [-0.05, 0) is 29.7 Å². The summed E-state index contributed by atoms with van der Waals surface area (Å²) in [6.45, 7) is 0.544. The van der Waals surface area contributed by atoms with E-state index in [-0.39, 0.29) is 18.4 Å². The highest BCUT2D eigenvalue weighted by molar-refractivity contribution is 5.69. The predicted octanol–water partition coefficient (Wildman–Crippen LogP) is 2.70. The molecule has 0 aliphatic heterocycles. The van der Waals surface area contributed by atoms with Crippen LogP contribution in [0, 0.1) is 0 Å². The Hall–Kier alpha value is -2.33. The molecule has 2 aromatic carbocycles. The van der Waals surface area contributed by atoms with E-state index >= 15 is 0 Å². The average Bonchev–Trinajstić information content (AvgIpc) is 2.55. The molecule has 0 aliphatic rings. The van der Waals surface area contributed by atoms with E-state index in [1.807, 2.05) is 54.6 Å². The normalized spacial score (nSPS) is 11.7. The van der Waals surface area contributed by atoms with Gasteiger partial charge in [-0.2, -0.15) is 0 Å². The van der Waals surface area contributed by atoms with E-state index in [1.165, 1.54) is 7.11 Å². The van der Waals surface area contributed by atoms with Gasteiger partial charge in [0.05, 0.1) is 13.5 Å². The summed E-state index contributed by atoms with van der Waals surface area (Å²) in [5.41, 5.74) is 8.13. The van der Waals surface area contributed by atoms with Crippen LogP contribution in [-0.4, -0.2) is 19.1 Å². The molecule has 0 unspecified atom stereocenters. The molecule has 0 aromatic heterocycles. The van der Waals surface area contributed by atoms with Crippen LogP contribution in [0.1, 0.15) is 17.5 Å². The molecule has 0 spiro atoms. The molecule has 0 fully saturated rings. The Kier molecular flexibility index (Phi) is 5.98. The first kappa shape index (κ1) is 16.0. The first-order valence-electron chi connectivity index (χ1n) is 7.25. The smallest absolute Gasteiger partial charge is 0.307 e. The zero-order chi connectivity index (χ0) is 15.8.